The second-order valence-corrected chi connectivity index (χ2v) is 4.87. The van der Waals surface area contributed by atoms with Crippen LogP contribution in [0.5, 0.6) is 0 Å². The van der Waals surface area contributed by atoms with E-state index in [2.05, 4.69) is 44.0 Å². The first-order valence-corrected chi connectivity index (χ1v) is 5.97. The molecule has 0 amide bonds. The fourth-order valence-electron chi connectivity index (χ4n) is 2.07. The topological polar surface area (TPSA) is 24.7 Å². The smallest absolute Gasteiger partial charge is 0.0677 e. The molecule has 0 spiro atoms. The summed E-state index contributed by atoms with van der Waals surface area (Å²) in [6.45, 7) is 14.5. The first-order valence-electron chi connectivity index (χ1n) is 5.97. The molecule has 0 bridgehead atoms. The number of aryl methyl sites for hydroxylation is 2. The van der Waals surface area contributed by atoms with Crippen molar-refractivity contribution in [3.8, 4) is 0 Å². The molecule has 0 unspecified atom stereocenters. The first kappa shape index (κ1) is 13.6. The molecule has 0 aliphatic rings. The number of hydrogen-bond acceptors (Lipinski definition) is 2. The van der Waals surface area contributed by atoms with Crippen LogP contribution in [0.4, 0.5) is 0 Å². The van der Waals surface area contributed by atoms with Gasteiger partial charge >= 0.3 is 0 Å². The molecule has 0 saturated heterocycles. The summed E-state index contributed by atoms with van der Waals surface area (Å²) in [6.07, 6.45) is 0. The molecule has 0 aromatic heterocycles. The molecule has 0 aliphatic heterocycles. The summed E-state index contributed by atoms with van der Waals surface area (Å²) >= 11 is 0. The second-order valence-electron chi connectivity index (χ2n) is 4.87. The maximum atomic E-state index is 4.29. The Labute approximate surface area is 104 Å². The maximum Gasteiger partial charge on any atom is 0.0677 e. The van der Waals surface area contributed by atoms with Gasteiger partial charge in [0.15, 0.2) is 0 Å². The van der Waals surface area contributed by atoms with E-state index in [4.69, 9.17) is 0 Å². The summed E-state index contributed by atoms with van der Waals surface area (Å²) in [5, 5.41) is 8.43. The minimum atomic E-state index is 0.975. The van der Waals surface area contributed by atoms with Crippen molar-refractivity contribution < 1.29 is 0 Å². The van der Waals surface area contributed by atoms with Gasteiger partial charge in [-0.25, -0.2) is 0 Å². The molecule has 2 heteroatoms. The van der Waals surface area contributed by atoms with Crippen LogP contribution in [0.2, 0.25) is 0 Å². The van der Waals surface area contributed by atoms with Crippen molar-refractivity contribution in [2.24, 2.45) is 10.2 Å². The minimum absolute atomic E-state index is 0.975. The molecule has 0 saturated carbocycles. The standard InChI is InChI=1S/C15H22N2/c1-9(2)16-17-14(7)15-11(4)8-10(3)12(5)13(15)6/h8H,1-7H3/b17-14+. The number of rotatable bonds is 2. The second kappa shape index (κ2) is 5.26. The van der Waals surface area contributed by atoms with Crippen molar-refractivity contribution in [2.75, 3.05) is 0 Å². The van der Waals surface area contributed by atoms with Crippen molar-refractivity contribution in [1.29, 1.82) is 0 Å². The third kappa shape index (κ3) is 3.02. The van der Waals surface area contributed by atoms with E-state index < -0.39 is 0 Å². The van der Waals surface area contributed by atoms with Gasteiger partial charge in [0.05, 0.1) is 5.71 Å². The lowest BCUT2D eigenvalue weighted by Crippen LogP contribution is -2.04. The monoisotopic (exact) mass is 230 g/mol. The largest absolute Gasteiger partial charge is 0.160 e. The lowest BCUT2D eigenvalue weighted by molar-refractivity contribution is 1.18. The minimum Gasteiger partial charge on any atom is -0.160 e. The molecule has 92 valence electrons. The normalized spacial score (nSPS) is 11.6. The van der Waals surface area contributed by atoms with E-state index in [0.29, 0.717) is 0 Å². The molecule has 1 rings (SSSR count). The molecule has 1 aromatic carbocycles. The molecule has 0 radical (unpaired) electrons. The zero-order valence-electron chi connectivity index (χ0n) is 12.0. The third-order valence-electron chi connectivity index (χ3n) is 3.12. The van der Waals surface area contributed by atoms with Crippen LogP contribution in [0.1, 0.15) is 48.6 Å². The summed E-state index contributed by atoms with van der Waals surface area (Å²) in [4.78, 5) is 0. The predicted octanol–water partition coefficient (Wildman–Crippen LogP) is 4.13. The lowest BCUT2D eigenvalue weighted by Gasteiger charge is -2.14. The van der Waals surface area contributed by atoms with Crippen molar-refractivity contribution in [3.05, 3.63) is 33.9 Å². The van der Waals surface area contributed by atoms with Gasteiger partial charge in [-0.2, -0.15) is 10.2 Å². The van der Waals surface area contributed by atoms with Crippen molar-refractivity contribution in [1.82, 2.24) is 0 Å². The highest BCUT2D eigenvalue weighted by molar-refractivity contribution is 6.02. The van der Waals surface area contributed by atoms with Crippen LogP contribution in [-0.2, 0) is 0 Å². The average molecular weight is 230 g/mol. The Hall–Kier alpha value is -1.44. The molecule has 0 fully saturated rings. The van der Waals surface area contributed by atoms with Crippen molar-refractivity contribution in [2.45, 2.75) is 48.5 Å². The maximum absolute atomic E-state index is 4.29. The van der Waals surface area contributed by atoms with Gasteiger partial charge in [0.2, 0.25) is 0 Å². The average Bonchev–Trinajstić information content (AvgIpc) is 2.23. The third-order valence-corrected chi connectivity index (χ3v) is 3.12. The van der Waals surface area contributed by atoms with E-state index in [1.54, 1.807) is 0 Å². The fourth-order valence-corrected chi connectivity index (χ4v) is 2.07. The Morgan fingerprint density at radius 2 is 1.41 bits per heavy atom. The summed E-state index contributed by atoms with van der Waals surface area (Å²) in [6, 6.07) is 2.22. The van der Waals surface area contributed by atoms with Gasteiger partial charge < -0.3 is 0 Å². The Morgan fingerprint density at radius 3 is 1.94 bits per heavy atom. The number of nitrogens with zero attached hydrogens (tertiary/aromatic N) is 2. The number of benzene rings is 1. The Bertz CT molecular complexity index is 490. The van der Waals surface area contributed by atoms with Crippen LogP contribution in [0.3, 0.4) is 0 Å². The van der Waals surface area contributed by atoms with Gasteiger partial charge in [-0.1, -0.05) is 6.07 Å². The molecular weight excluding hydrogens is 208 g/mol. The summed E-state index contributed by atoms with van der Waals surface area (Å²) in [5.41, 5.74) is 8.47. The van der Waals surface area contributed by atoms with Crippen LogP contribution in [0.25, 0.3) is 0 Å². The summed E-state index contributed by atoms with van der Waals surface area (Å²) in [5.74, 6) is 0. The van der Waals surface area contributed by atoms with Gasteiger partial charge in [0.1, 0.15) is 0 Å². The van der Waals surface area contributed by atoms with E-state index in [1.165, 1.54) is 27.8 Å². The first-order chi connectivity index (χ1) is 7.84. The van der Waals surface area contributed by atoms with Crippen molar-refractivity contribution in [3.63, 3.8) is 0 Å². The number of hydrogen-bond donors (Lipinski definition) is 0. The van der Waals surface area contributed by atoms with Gasteiger partial charge in [0.25, 0.3) is 0 Å². The van der Waals surface area contributed by atoms with Crippen LogP contribution in [-0.4, -0.2) is 11.4 Å². The van der Waals surface area contributed by atoms with E-state index >= 15 is 0 Å². The van der Waals surface area contributed by atoms with Gasteiger partial charge in [0, 0.05) is 11.3 Å². The van der Waals surface area contributed by atoms with Crippen LogP contribution < -0.4 is 0 Å². The molecule has 1 aromatic rings. The zero-order chi connectivity index (χ0) is 13.2. The summed E-state index contributed by atoms with van der Waals surface area (Å²) < 4.78 is 0. The van der Waals surface area contributed by atoms with Crippen LogP contribution in [0.15, 0.2) is 16.3 Å². The lowest BCUT2D eigenvalue weighted by atomic mass is 9.92. The molecule has 0 heterocycles. The highest BCUT2D eigenvalue weighted by atomic mass is 15.2. The Morgan fingerprint density at radius 1 is 0.824 bits per heavy atom. The molecule has 0 N–H and O–H groups in total. The van der Waals surface area contributed by atoms with Crippen molar-refractivity contribution >= 4 is 11.4 Å². The van der Waals surface area contributed by atoms with Gasteiger partial charge in [-0.3, -0.25) is 0 Å². The van der Waals surface area contributed by atoms with Gasteiger partial charge in [-0.15, -0.1) is 0 Å². The molecule has 0 atom stereocenters. The Kier molecular flexibility index (Phi) is 4.22. The zero-order valence-corrected chi connectivity index (χ0v) is 12.0. The molecular formula is C15H22N2. The molecule has 2 nitrogen and oxygen atoms in total. The molecule has 0 aliphatic carbocycles. The van der Waals surface area contributed by atoms with Crippen LogP contribution in [0, 0.1) is 27.7 Å². The van der Waals surface area contributed by atoms with E-state index in [1.807, 2.05) is 20.8 Å². The van der Waals surface area contributed by atoms with E-state index in [9.17, 15) is 0 Å². The Balaban J connectivity index is 3.37. The quantitative estimate of drug-likeness (QED) is 0.539. The molecule has 17 heavy (non-hydrogen) atoms. The van der Waals surface area contributed by atoms with Gasteiger partial charge in [-0.05, 0) is 70.7 Å². The van der Waals surface area contributed by atoms with Crippen LogP contribution >= 0.6 is 0 Å². The van der Waals surface area contributed by atoms with E-state index in [0.717, 1.165) is 11.4 Å². The SMILES string of the molecule is CC(C)=N/N=C(\C)c1c(C)cc(C)c(C)c1C. The fraction of sp³-hybridized carbons (Fsp3) is 0.467. The highest BCUT2D eigenvalue weighted by Crippen LogP contribution is 2.22. The van der Waals surface area contributed by atoms with E-state index in [-0.39, 0.29) is 0 Å². The highest BCUT2D eigenvalue weighted by Gasteiger charge is 2.10. The summed E-state index contributed by atoms with van der Waals surface area (Å²) in [7, 11) is 0. The predicted molar refractivity (Wildman–Crippen MR) is 76.4 cm³/mol.